The fourth-order valence-electron chi connectivity index (χ4n) is 3.39. The molecule has 2 aromatic heterocycles. The van der Waals surface area contributed by atoms with E-state index in [0.29, 0.717) is 56.3 Å². The molecular weight excluding hydrogens is 360 g/mol. The first-order valence-electron chi connectivity index (χ1n) is 8.52. The topological polar surface area (TPSA) is 110 Å². The lowest BCUT2D eigenvalue weighted by molar-refractivity contribution is 0.0568. The van der Waals surface area contributed by atoms with Gasteiger partial charge in [0.2, 0.25) is 15.9 Å². The molecule has 2 saturated heterocycles. The predicted octanol–water partition coefficient (Wildman–Crippen LogP) is 1.04. The summed E-state index contributed by atoms with van der Waals surface area (Å²) in [6.07, 6.45) is 5.50. The Morgan fingerprint density at radius 3 is 2.58 bits per heavy atom. The van der Waals surface area contributed by atoms with Crippen LogP contribution in [-0.4, -0.2) is 66.1 Å². The molecule has 0 unspecified atom stereocenters. The maximum Gasteiger partial charge on any atom is 0.257 e. The van der Waals surface area contributed by atoms with Crippen molar-refractivity contribution in [2.24, 2.45) is 0 Å². The zero-order chi connectivity index (χ0) is 18.3. The molecule has 26 heavy (non-hydrogen) atoms. The molecule has 0 aliphatic carbocycles. The molecular formula is C16H20N4O5S. The van der Waals surface area contributed by atoms with Crippen molar-refractivity contribution >= 4 is 15.9 Å². The minimum Gasteiger partial charge on any atom is -0.472 e. The van der Waals surface area contributed by atoms with Gasteiger partial charge in [0.15, 0.2) is 5.82 Å². The number of carbonyl (C=O) groups is 1. The number of rotatable bonds is 4. The summed E-state index contributed by atoms with van der Waals surface area (Å²) in [6, 6.07) is 1.64. The molecule has 10 heteroatoms. The van der Waals surface area contributed by atoms with Crippen LogP contribution < -0.4 is 0 Å². The second kappa shape index (κ2) is 6.51. The average molecular weight is 380 g/mol. The van der Waals surface area contributed by atoms with Crippen LogP contribution in [0.15, 0.2) is 27.5 Å². The number of sulfonamides is 1. The van der Waals surface area contributed by atoms with Gasteiger partial charge in [0.1, 0.15) is 6.26 Å². The average Bonchev–Trinajstić information content (AvgIpc) is 3.25. The van der Waals surface area contributed by atoms with E-state index in [1.807, 2.05) is 0 Å². The molecule has 2 aliphatic heterocycles. The molecule has 2 aromatic rings. The van der Waals surface area contributed by atoms with E-state index in [4.69, 9.17) is 8.94 Å². The molecule has 2 fully saturated rings. The minimum atomic E-state index is -3.14. The highest BCUT2D eigenvalue weighted by Crippen LogP contribution is 2.31. The summed E-state index contributed by atoms with van der Waals surface area (Å²) in [7, 11) is -3.14. The number of amides is 1. The van der Waals surface area contributed by atoms with Crippen LogP contribution in [-0.2, 0) is 10.0 Å². The van der Waals surface area contributed by atoms with Crippen LogP contribution in [0.25, 0.3) is 0 Å². The monoisotopic (exact) mass is 380 g/mol. The maximum atomic E-state index is 12.2. The van der Waals surface area contributed by atoms with E-state index in [9.17, 15) is 13.2 Å². The van der Waals surface area contributed by atoms with E-state index >= 15 is 0 Å². The van der Waals surface area contributed by atoms with Gasteiger partial charge >= 0.3 is 0 Å². The number of carbonyl (C=O) groups excluding carboxylic acids is 1. The van der Waals surface area contributed by atoms with Gasteiger partial charge in [0.05, 0.1) is 24.0 Å². The number of likely N-dealkylation sites (tertiary alicyclic amines) is 1. The number of hydrogen-bond acceptors (Lipinski definition) is 7. The van der Waals surface area contributed by atoms with Gasteiger partial charge in [0.25, 0.3) is 5.91 Å². The van der Waals surface area contributed by atoms with E-state index in [0.717, 1.165) is 0 Å². The molecule has 0 N–H and O–H groups in total. The summed E-state index contributed by atoms with van der Waals surface area (Å²) in [4.78, 5) is 18.4. The van der Waals surface area contributed by atoms with Crippen molar-refractivity contribution in [2.45, 2.75) is 24.7 Å². The van der Waals surface area contributed by atoms with Crippen molar-refractivity contribution in [3.8, 4) is 0 Å². The van der Waals surface area contributed by atoms with E-state index in [2.05, 4.69) is 10.1 Å². The van der Waals surface area contributed by atoms with Crippen LogP contribution in [0.5, 0.6) is 0 Å². The molecule has 0 saturated carbocycles. The molecule has 2 aliphatic rings. The third kappa shape index (κ3) is 3.26. The molecule has 9 nitrogen and oxygen atoms in total. The van der Waals surface area contributed by atoms with Gasteiger partial charge in [-0.05, 0) is 18.9 Å². The van der Waals surface area contributed by atoms with Gasteiger partial charge in [-0.1, -0.05) is 5.16 Å². The Hall–Kier alpha value is -2.20. The second-order valence-electron chi connectivity index (χ2n) is 6.85. The predicted molar refractivity (Wildman–Crippen MR) is 90.0 cm³/mol. The van der Waals surface area contributed by atoms with Gasteiger partial charge in [-0.3, -0.25) is 4.79 Å². The number of aromatic nitrogens is 2. The first kappa shape index (κ1) is 17.2. The summed E-state index contributed by atoms with van der Waals surface area (Å²) >= 11 is 0. The SMILES string of the molecule is CS(=O)(=O)N1CCC(c2noc(C3CN(C(=O)c4ccoc4)C3)n2)CC1. The fourth-order valence-corrected chi connectivity index (χ4v) is 4.27. The number of nitrogens with zero attached hydrogens (tertiary/aromatic N) is 4. The van der Waals surface area contributed by atoms with Gasteiger partial charge in [-0.25, -0.2) is 12.7 Å². The van der Waals surface area contributed by atoms with Crippen LogP contribution >= 0.6 is 0 Å². The summed E-state index contributed by atoms with van der Waals surface area (Å²) in [5.74, 6) is 1.26. The Balaban J connectivity index is 1.33. The normalized spacial score (nSPS) is 20.3. The van der Waals surface area contributed by atoms with Crippen molar-refractivity contribution in [3.63, 3.8) is 0 Å². The molecule has 4 rings (SSSR count). The van der Waals surface area contributed by atoms with Crippen molar-refractivity contribution in [1.82, 2.24) is 19.3 Å². The zero-order valence-electron chi connectivity index (χ0n) is 14.4. The van der Waals surface area contributed by atoms with Crippen molar-refractivity contribution in [2.75, 3.05) is 32.4 Å². The lowest BCUT2D eigenvalue weighted by Gasteiger charge is -2.36. The Kier molecular flexibility index (Phi) is 4.31. The first-order valence-corrected chi connectivity index (χ1v) is 10.4. The number of hydrogen-bond donors (Lipinski definition) is 0. The van der Waals surface area contributed by atoms with Crippen molar-refractivity contribution in [1.29, 1.82) is 0 Å². The standard InChI is InChI=1S/C16H20N4O5S/c1-26(22,23)20-5-2-11(3-6-20)14-17-15(25-18-14)13-8-19(9-13)16(21)12-4-7-24-10-12/h4,7,10-11,13H,2-3,5-6,8-9H2,1H3. The van der Waals surface area contributed by atoms with Crippen LogP contribution in [0.2, 0.25) is 0 Å². The lowest BCUT2D eigenvalue weighted by atomic mass is 9.97. The number of piperidine rings is 1. The van der Waals surface area contributed by atoms with E-state index in [-0.39, 0.29) is 17.7 Å². The Bertz CT molecular complexity index is 878. The quantitative estimate of drug-likeness (QED) is 0.779. The molecule has 4 heterocycles. The molecule has 0 spiro atoms. The van der Waals surface area contributed by atoms with E-state index < -0.39 is 10.0 Å². The molecule has 1 amide bonds. The van der Waals surface area contributed by atoms with Crippen LogP contribution in [0.4, 0.5) is 0 Å². The summed E-state index contributed by atoms with van der Waals surface area (Å²) in [5, 5.41) is 4.08. The van der Waals surface area contributed by atoms with Crippen molar-refractivity contribution in [3.05, 3.63) is 35.9 Å². The largest absolute Gasteiger partial charge is 0.472 e. The Morgan fingerprint density at radius 2 is 1.96 bits per heavy atom. The van der Waals surface area contributed by atoms with Crippen LogP contribution in [0.1, 0.15) is 46.8 Å². The lowest BCUT2D eigenvalue weighted by Crippen LogP contribution is -2.48. The van der Waals surface area contributed by atoms with Gasteiger partial charge in [-0.15, -0.1) is 0 Å². The summed E-state index contributed by atoms with van der Waals surface area (Å²) in [5.41, 5.74) is 0.535. The van der Waals surface area contributed by atoms with Gasteiger partial charge < -0.3 is 13.8 Å². The maximum absolute atomic E-state index is 12.2. The molecule has 0 radical (unpaired) electrons. The minimum absolute atomic E-state index is 0.0446. The second-order valence-corrected chi connectivity index (χ2v) is 8.83. The van der Waals surface area contributed by atoms with Gasteiger partial charge in [-0.2, -0.15) is 4.98 Å². The summed E-state index contributed by atoms with van der Waals surface area (Å²) < 4.78 is 35.0. The van der Waals surface area contributed by atoms with Crippen LogP contribution in [0.3, 0.4) is 0 Å². The Labute approximate surface area is 151 Å². The van der Waals surface area contributed by atoms with Crippen LogP contribution in [0, 0.1) is 0 Å². The first-order chi connectivity index (χ1) is 12.4. The molecule has 0 bridgehead atoms. The third-order valence-corrected chi connectivity index (χ3v) is 6.33. The van der Waals surface area contributed by atoms with Gasteiger partial charge in [0, 0.05) is 32.1 Å². The van der Waals surface area contributed by atoms with E-state index in [1.165, 1.54) is 23.1 Å². The fraction of sp³-hybridized carbons (Fsp3) is 0.562. The highest BCUT2D eigenvalue weighted by Gasteiger charge is 2.37. The number of furan rings is 1. The highest BCUT2D eigenvalue weighted by atomic mass is 32.2. The van der Waals surface area contributed by atoms with E-state index in [1.54, 1.807) is 11.0 Å². The highest BCUT2D eigenvalue weighted by molar-refractivity contribution is 7.88. The van der Waals surface area contributed by atoms with Crippen molar-refractivity contribution < 1.29 is 22.2 Å². The molecule has 0 aromatic carbocycles. The third-order valence-electron chi connectivity index (χ3n) is 5.03. The Morgan fingerprint density at radius 1 is 1.23 bits per heavy atom. The molecule has 0 atom stereocenters. The zero-order valence-corrected chi connectivity index (χ0v) is 15.2. The molecule has 140 valence electrons. The smallest absolute Gasteiger partial charge is 0.257 e. The summed E-state index contributed by atoms with van der Waals surface area (Å²) in [6.45, 7) is 2.03.